The minimum Gasteiger partial charge on any atom is -0.488 e. The van der Waals surface area contributed by atoms with Gasteiger partial charge in [-0.15, -0.1) is 0 Å². The summed E-state index contributed by atoms with van der Waals surface area (Å²) in [6, 6.07) is 9.07. The van der Waals surface area contributed by atoms with Crippen LogP contribution >= 0.6 is 15.9 Å². The van der Waals surface area contributed by atoms with Crippen LogP contribution in [-0.2, 0) is 6.61 Å². The summed E-state index contributed by atoms with van der Waals surface area (Å²) in [7, 11) is 0. The van der Waals surface area contributed by atoms with Gasteiger partial charge in [0.15, 0.2) is 0 Å². The molecule has 0 N–H and O–H groups in total. The molecule has 0 amide bonds. The van der Waals surface area contributed by atoms with Crippen LogP contribution in [0.5, 0.6) is 5.75 Å². The first-order valence-electron chi connectivity index (χ1n) is 5.39. The summed E-state index contributed by atoms with van der Waals surface area (Å²) < 4.78 is 32.4. The second-order valence-corrected chi connectivity index (χ2v) is 4.81. The Labute approximate surface area is 113 Å². The summed E-state index contributed by atoms with van der Waals surface area (Å²) in [6.45, 7) is 2.03. The van der Waals surface area contributed by atoms with Crippen molar-refractivity contribution in [2.75, 3.05) is 0 Å². The number of ether oxygens (including phenoxy) is 1. The Balaban J connectivity index is 2.11. The SMILES string of the molecule is Cc1ccc(OCc2ccc(F)cc2F)c(Br)c1. The van der Waals surface area contributed by atoms with E-state index in [1.165, 1.54) is 12.1 Å². The van der Waals surface area contributed by atoms with Gasteiger partial charge in [0.2, 0.25) is 0 Å². The predicted octanol–water partition coefficient (Wildman–Crippen LogP) is 4.61. The van der Waals surface area contributed by atoms with Crippen molar-refractivity contribution in [1.82, 2.24) is 0 Å². The highest BCUT2D eigenvalue weighted by Gasteiger charge is 2.06. The molecule has 0 spiro atoms. The van der Waals surface area contributed by atoms with E-state index in [2.05, 4.69) is 15.9 Å². The van der Waals surface area contributed by atoms with Gasteiger partial charge in [-0.2, -0.15) is 0 Å². The Morgan fingerprint density at radius 1 is 1.11 bits per heavy atom. The molecule has 18 heavy (non-hydrogen) atoms. The molecular formula is C14H11BrF2O. The molecule has 1 nitrogen and oxygen atoms in total. The summed E-state index contributed by atoms with van der Waals surface area (Å²) >= 11 is 3.37. The van der Waals surface area contributed by atoms with Crippen LogP contribution in [-0.4, -0.2) is 0 Å². The highest BCUT2D eigenvalue weighted by atomic mass is 79.9. The van der Waals surface area contributed by atoms with E-state index in [-0.39, 0.29) is 6.61 Å². The van der Waals surface area contributed by atoms with Crippen molar-refractivity contribution in [3.05, 3.63) is 63.6 Å². The Morgan fingerprint density at radius 3 is 2.56 bits per heavy atom. The molecule has 0 atom stereocenters. The Morgan fingerprint density at radius 2 is 1.89 bits per heavy atom. The van der Waals surface area contributed by atoms with Gasteiger partial charge in [0, 0.05) is 11.6 Å². The minimum atomic E-state index is -0.599. The van der Waals surface area contributed by atoms with E-state index in [0.717, 1.165) is 16.1 Å². The van der Waals surface area contributed by atoms with Crippen LogP contribution < -0.4 is 4.74 Å². The lowest BCUT2D eigenvalue weighted by molar-refractivity contribution is 0.297. The lowest BCUT2D eigenvalue weighted by Crippen LogP contribution is -1.99. The fraction of sp³-hybridized carbons (Fsp3) is 0.143. The molecule has 4 heteroatoms. The van der Waals surface area contributed by atoms with E-state index < -0.39 is 11.6 Å². The molecule has 2 aromatic rings. The van der Waals surface area contributed by atoms with Crippen molar-refractivity contribution in [3.63, 3.8) is 0 Å². The number of hydrogen-bond donors (Lipinski definition) is 0. The molecule has 0 aliphatic carbocycles. The van der Waals surface area contributed by atoms with Gasteiger partial charge in [0.05, 0.1) is 4.47 Å². The molecule has 0 radical (unpaired) electrons. The zero-order valence-electron chi connectivity index (χ0n) is 9.71. The summed E-state index contributed by atoms with van der Waals surface area (Å²) in [5.41, 5.74) is 1.42. The Kier molecular flexibility index (Phi) is 3.97. The Hall–Kier alpha value is -1.42. The molecule has 0 unspecified atom stereocenters. The van der Waals surface area contributed by atoms with E-state index in [0.29, 0.717) is 11.3 Å². The molecule has 0 fully saturated rings. The molecule has 0 aromatic heterocycles. The van der Waals surface area contributed by atoms with E-state index in [1.54, 1.807) is 6.07 Å². The van der Waals surface area contributed by atoms with E-state index in [9.17, 15) is 8.78 Å². The second kappa shape index (κ2) is 5.48. The quantitative estimate of drug-likeness (QED) is 0.804. The average Bonchev–Trinajstić information content (AvgIpc) is 2.30. The summed E-state index contributed by atoms with van der Waals surface area (Å²) in [4.78, 5) is 0. The average molecular weight is 313 g/mol. The zero-order valence-corrected chi connectivity index (χ0v) is 11.3. The molecular weight excluding hydrogens is 302 g/mol. The molecule has 2 aromatic carbocycles. The highest BCUT2D eigenvalue weighted by Crippen LogP contribution is 2.26. The van der Waals surface area contributed by atoms with Crippen LogP contribution in [0.1, 0.15) is 11.1 Å². The second-order valence-electron chi connectivity index (χ2n) is 3.96. The van der Waals surface area contributed by atoms with Crippen LogP contribution in [0.2, 0.25) is 0 Å². The predicted molar refractivity (Wildman–Crippen MR) is 69.6 cm³/mol. The third-order valence-corrected chi connectivity index (χ3v) is 3.11. The standard InChI is InChI=1S/C14H11BrF2O/c1-9-2-5-14(12(15)6-9)18-8-10-3-4-11(16)7-13(10)17/h2-7H,8H2,1H3. The largest absolute Gasteiger partial charge is 0.488 e. The lowest BCUT2D eigenvalue weighted by atomic mass is 10.2. The lowest BCUT2D eigenvalue weighted by Gasteiger charge is -2.09. The summed E-state index contributed by atoms with van der Waals surface area (Å²) in [5.74, 6) is -0.560. The molecule has 2 rings (SSSR count). The number of halogens is 3. The third-order valence-electron chi connectivity index (χ3n) is 2.49. The van der Waals surface area contributed by atoms with E-state index >= 15 is 0 Å². The van der Waals surface area contributed by atoms with Crippen LogP contribution in [0.4, 0.5) is 8.78 Å². The van der Waals surface area contributed by atoms with Gasteiger partial charge < -0.3 is 4.74 Å². The van der Waals surface area contributed by atoms with E-state index in [4.69, 9.17) is 4.74 Å². The van der Waals surface area contributed by atoms with Crippen LogP contribution in [0.25, 0.3) is 0 Å². The summed E-state index contributed by atoms with van der Waals surface area (Å²) in [6.07, 6.45) is 0. The fourth-order valence-electron chi connectivity index (χ4n) is 1.52. The molecule has 0 aliphatic rings. The number of aryl methyl sites for hydroxylation is 1. The van der Waals surface area contributed by atoms with Crippen molar-refractivity contribution >= 4 is 15.9 Å². The summed E-state index contributed by atoms with van der Waals surface area (Å²) in [5, 5.41) is 0. The van der Waals surface area contributed by atoms with Crippen molar-refractivity contribution in [1.29, 1.82) is 0 Å². The van der Waals surface area contributed by atoms with Crippen LogP contribution in [0, 0.1) is 18.6 Å². The van der Waals surface area contributed by atoms with Gasteiger partial charge in [-0.1, -0.05) is 6.07 Å². The zero-order chi connectivity index (χ0) is 13.1. The molecule has 0 aliphatic heterocycles. The van der Waals surface area contributed by atoms with Crippen LogP contribution in [0.3, 0.4) is 0 Å². The first-order valence-corrected chi connectivity index (χ1v) is 6.18. The maximum absolute atomic E-state index is 13.4. The smallest absolute Gasteiger partial charge is 0.134 e. The van der Waals surface area contributed by atoms with Crippen molar-refractivity contribution in [2.24, 2.45) is 0 Å². The minimum absolute atomic E-state index is 0.0633. The fourth-order valence-corrected chi connectivity index (χ4v) is 2.12. The van der Waals surface area contributed by atoms with Crippen molar-refractivity contribution < 1.29 is 13.5 Å². The van der Waals surface area contributed by atoms with E-state index in [1.807, 2.05) is 19.1 Å². The number of rotatable bonds is 3. The normalized spacial score (nSPS) is 10.4. The first-order chi connectivity index (χ1) is 8.56. The van der Waals surface area contributed by atoms with Gasteiger partial charge in [0.1, 0.15) is 24.0 Å². The first kappa shape index (κ1) is 13.0. The third kappa shape index (κ3) is 3.07. The van der Waals surface area contributed by atoms with Gasteiger partial charge in [-0.3, -0.25) is 0 Å². The monoisotopic (exact) mass is 312 g/mol. The molecule has 0 heterocycles. The molecule has 0 saturated heterocycles. The van der Waals surface area contributed by atoms with Crippen molar-refractivity contribution in [3.8, 4) is 5.75 Å². The maximum atomic E-state index is 13.4. The van der Waals surface area contributed by atoms with Gasteiger partial charge in [-0.25, -0.2) is 8.78 Å². The molecule has 94 valence electrons. The number of benzene rings is 2. The van der Waals surface area contributed by atoms with Crippen LogP contribution in [0.15, 0.2) is 40.9 Å². The van der Waals surface area contributed by atoms with Gasteiger partial charge in [0.25, 0.3) is 0 Å². The highest BCUT2D eigenvalue weighted by molar-refractivity contribution is 9.10. The number of hydrogen-bond acceptors (Lipinski definition) is 1. The Bertz CT molecular complexity index is 518. The molecule has 0 saturated carbocycles. The van der Waals surface area contributed by atoms with Gasteiger partial charge in [-0.05, 0) is 52.7 Å². The van der Waals surface area contributed by atoms with Gasteiger partial charge >= 0.3 is 0 Å². The topological polar surface area (TPSA) is 9.23 Å². The maximum Gasteiger partial charge on any atom is 0.134 e. The van der Waals surface area contributed by atoms with Crippen molar-refractivity contribution in [2.45, 2.75) is 13.5 Å². The molecule has 0 bridgehead atoms.